The van der Waals surface area contributed by atoms with Crippen LogP contribution in [0.2, 0.25) is 0 Å². The standard InChI is InChI=1S/C10H8N2O.C9H7N/c11-10(13)8-4-3-7-2-1-5-12-9(7)6-8;1-2-6-9-8(4-1)5-3-7-10-9/h1-6H,(H2,11,13);1-7H. The van der Waals surface area contributed by atoms with E-state index in [0.717, 1.165) is 16.4 Å². The lowest BCUT2D eigenvalue weighted by molar-refractivity contribution is 0.100. The minimum absolute atomic E-state index is 0.424. The van der Waals surface area contributed by atoms with Crippen LogP contribution in [0.5, 0.6) is 0 Å². The molecule has 4 rings (SSSR count). The number of hydrogen-bond acceptors (Lipinski definition) is 3. The Morgan fingerprint density at radius 3 is 2.04 bits per heavy atom. The third kappa shape index (κ3) is 3.49. The van der Waals surface area contributed by atoms with Gasteiger partial charge in [0.05, 0.1) is 11.0 Å². The fourth-order valence-corrected chi connectivity index (χ4v) is 2.24. The van der Waals surface area contributed by atoms with Gasteiger partial charge in [0, 0.05) is 28.7 Å². The van der Waals surface area contributed by atoms with Gasteiger partial charge in [0.25, 0.3) is 0 Å². The smallest absolute Gasteiger partial charge is 0.248 e. The number of pyridine rings is 2. The molecule has 0 bridgehead atoms. The highest BCUT2D eigenvalue weighted by atomic mass is 16.1. The van der Waals surface area contributed by atoms with Crippen molar-refractivity contribution in [1.29, 1.82) is 0 Å². The number of nitrogens with two attached hydrogens (primary N) is 1. The maximum atomic E-state index is 10.8. The van der Waals surface area contributed by atoms with Gasteiger partial charge in [0.15, 0.2) is 0 Å². The Morgan fingerprint density at radius 1 is 0.739 bits per heavy atom. The van der Waals surface area contributed by atoms with Gasteiger partial charge in [0.2, 0.25) is 5.91 Å². The molecule has 0 unspecified atom stereocenters. The van der Waals surface area contributed by atoms with Crippen LogP contribution in [0.25, 0.3) is 21.8 Å². The molecule has 23 heavy (non-hydrogen) atoms. The Hall–Kier alpha value is -3.27. The summed E-state index contributed by atoms with van der Waals surface area (Å²) in [6, 6.07) is 21.1. The lowest BCUT2D eigenvalue weighted by Gasteiger charge is -1.98. The van der Waals surface area contributed by atoms with E-state index in [9.17, 15) is 4.79 Å². The Kier molecular flexibility index (Phi) is 4.25. The molecule has 0 fully saturated rings. The quantitative estimate of drug-likeness (QED) is 0.584. The van der Waals surface area contributed by atoms with E-state index < -0.39 is 5.91 Å². The summed E-state index contributed by atoms with van der Waals surface area (Å²) in [5.74, 6) is -0.424. The molecule has 4 nitrogen and oxygen atoms in total. The minimum atomic E-state index is -0.424. The molecule has 0 spiro atoms. The largest absolute Gasteiger partial charge is 0.366 e. The fourth-order valence-electron chi connectivity index (χ4n) is 2.24. The highest BCUT2D eigenvalue weighted by Gasteiger charge is 2.00. The molecule has 2 heterocycles. The molecule has 4 aromatic rings. The summed E-state index contributed by atoms with van der Waals surface area (Å²) in [6.07, 6.45) is 3.50. The first kappa shape index (κ1) is 14.7. The van der Waals surface area contributed by atoms with E-state index in [0.29, 0.717) is 5.56 Å². The van der Waals surface area contributed by atoms with Gasteiger partial charge in [-0.2, -0.15) is 0 Å². The molecule has 112 valence electrons. The number of nitrogens with zero attached hydrogens (tertiary/aromatic N) is 2. The topological polar surface area (TPSA) is 68.9 Å². The van der Waals surface area contributed by atoms with Crippen molar-refractivity contribution in [2.75, 3.05) is 0 Å². The van der Waals surface area contributed by atoms with Crippen LogP contribution >= 0.6 is 0 Å². The SMILES string of the molecule is NC(=O)c1ccc2cccnc2c1.c1ccc2ncccc2c1. The normalized spacial score (nSPS) is 10.1. The van der Waals surface area contributed by atoms with E-state index in [4.69, 9.17) is 5.73 Å². The Labute approximate surface area is 133 Å². The number of hydrogen-bond donors (Lipinski definition) is 1. The molecule has 0 aliphatic heterocycles. The highest BCUT2D eigenvalue weighted by Crippen LogP contribution is 2.12. The molecular weight excluding hydrogens is 286 g/mol. The van der Waals surface area contributed by atoms with Gasteiger partial charge in [-0.25, -0.2) is 0 Å². The molecule has 0 radical (unpaired) electrons. The van der Waals surface area contributed by atoms with Gasteiger partial charge in [-0.05, 0) is 30.3 Å². The van der Waals surface area contributed by atoms with Crippen LogP contribution in [-0.4, -0.2) is 15.9 Å². The molecule has 0 atom stereocenters. The first-order chi connectivity index (χ1) is 11.2. The lowest BCUT2D eigenvalue weighted by Crippen LogP contribution is -2.10. The molecule has 4 heteroatoms. The molecule has 0 saturated carbocycles. The van der Waals surface area contributed by atoms with Crippen molar-refractivity contribution >= 4 is 27.7 Å². The number of benzene rings is 2. The van der Waals surface area contributed by atoms with Gasteiger partial charge in [-0.1, -0.05) is 36.4 Å². The zero-order chi connectivity index (χ0) is 16.1. The molecule has 2 aromatic carbocycles. The third-order valence-electron chi connectivity index (χ3n) is 3.40. The van der Waals surface area contributed by atoms with Crippen LogP contribution in [-0.2, 0) is 0 Å². The Balaban J connectivity index is 0.000000140. The van der Waals surface area contributed by atoms with E-state index in [2.05, 4.69) is 22.1 Å². The number of carbonyl (C=O) groups excluding carboxylic acids is 1. The van der Waals surface area contributed by atoms with Gasteiger partial charge >= 0.3 is 0 Å². The zero-order valence-electron chi connectivity index (χ0n) is 12.4. The van der Waals surface area contributed by atoms with Gasteiger partial charge in [-0.3, -0.25) is 14.8 Å². The average molecular weight is 301 g/mol. The van der Waals surface area contributed by atoms with Crippen molar-refractivity contribution in [3.8, 4) is 0 Å². The van der Waals surface area contributed by atoms with E-state index in [1.807, 2.05) is 48.7 Å². The summed E-state index contributed by atoms with van der Waals surface area (Å²) in [6.45, 7) is 0. The maximum Gasteiger partial charge on any atom is 0.248 e. The molecule has 0 aliphatic rings. The third-order valence-corrected chi connectivity index (χ3v) is 3.40. The predicted molar refractivity (Wildman–Crippen MR) is 92.0 cm³/mol. The number of carbonyl (C=O) groups is 1. The first-order valence-corrected chi connectivity index (χ1v) is 7.18. The van der Waals surface area contributed by atoms with Crippen LogP contribution in [0.4, 0.5) is 0 Å². The number of primary amides is 1. The van der Waals surface area contributed by atoms with Crippen molar-refractivity contribution < 1.29 is 4.79 Å². The number of fused-ring (bicyclic) bond motifs is 2. The number of rotatable bonds is 1. The van der Waals surface area contributed by atoms with Crippen LogP contribution in [0.3, 0.4) is 0 Å². The van der Waals surface area contributed by atoms with Crippen LogP contribution in [0.15, 0.2) is 79.1 Å². The van der Waals surface area contributed by atoms with Crippen molar-refractivity contribution in [2.24, 2.45) is 5.73 Å². The summed E-state index contributed by atoms with van der Waals surface area (Å²) < 4.78 is 0. The first-order valence-electron chi connectivity index (χ1n) is 7.18. The van der Waals surface area contributed by atoms with Gasteiger partial charge in [0.1, 0.15) is 0 Å². The molecular formula is C19H15N3O. The van der Waals surface area contributed by atoms with Gasteiger partial charge < -0.3 is 5.73 Å². The van der Waals surface area contributed by atoms with E-state index in [1.165, 1.54) is 5.39 Å². The number of para-hydroxylation sites is 1. The van der Waals surface area contributed by atoms with Crippen LogP contribution in [0.1, 0.15) is 10.4 Å². The molecule has 0 aliphatic carbocycles. The second-order valence-corrected chi connectivity index (χ2v) is 4.97. The zero-order valence-corrected chi connectivity index (χ0v) is 12.4. The second kappa shape index (κ2) is 6.66. The molecule has 2 aromatic heterocycles. The Morgan fingerprint density at radius 2 is 1.35 bits per heavy atom. The molecule has 1 amide bonds. The number of amides is 1. The molecule has 0 saturated heterocycles. The van der Waals surface area contributed by atoms with Crippen LogP contribution < -0.4 is 5.73 Å². The minimum Gasteiger partial charge on any atom is -0.366 e. The van der Waals surface area contributed by atoms with Crippen molar-refractivity contribution in [1.82, 2.24) is 9.97 Å². The van der Waals surface area contributed by atoms with E-state index >= 15 is 0 Å². The van der Waals surface area contributed by atoms with Crippen molar-refractivity contribution in [3.05, 3.63) is 84.7 Å². The summed E-state index contributed by atoms with van der Waals surface area (Å²) in [4.78, 5) is 19.1. The lowest BCUT2D eigenvalue weighted by atomic mass is 10.1. The average Bonchev–Trinajstić information content (AvgIpc) is 2.62. The summed E-state index contributed by atoms with van der Waals surface area (Å²) in [7, 11) is 0. The summed E-state index contributed by atoms with van der Waals surface area (Å²) in [5.41, 5.74) is 7.48. The van der Waals surface area contributed by atoms with Crippen molar-refractivity contribution in [2.45, 2.75) is 0 Å². The van der Waals surface area contributed by atoms with Gasteiger partial charge in [-0.15, -0.1) is 0 Å². The highest BCUT2D eigenvalue weighted by molar-refractivity contribution is 5.96. The van der Waals surface area contributed by atoms with Crippen molar-refractivity contribution in [3.63, 3.8) is 0 Å². The van der Waals surface area contributed by atoms with E-state index in [-0.39, 0.29) is 0 Å². The van der Waals surface area contributed by atoms with Crippen LogP contribution in [0, 0.1) is 0 Å². The van der Waals surface area contributed by atoms with E-state index in [1.54, 1.807) is 18.3 Å². The molecule has 2 N–H and O–H groups in total. The number of aromatic nitrogens is 2. The Bertz CT molecular complexity index is 901. The second-order valence-electron chi connectivity index (χ2n) is 4.97. The monoisotopic (exact) mass is 301 g/mol. The maximum absolute atomic E-state index is 10.8. The predicted octanol–water partition coefficient (Wildman–Crippen LogP) is 3.57. The fraction of sp³-hybridized carbons (Fsp3) is 0. The summed E-state index contributed by atoms with van der Waals surface area (Å²) in [5, 5.41) is 2.21. The summed E-state index contributed by atoms with van der Waals surface area (Å²) >= 11 is 0.